The van der Waals surface area contributed by atoms with E-state index in [0.29, 0.717) is 11.8 Å². The number of methoxy groups -OCH3 is 1. The van der Waals surface area contributed by atoms with Gasteiger partial charge in [-0.1, -0.05) is 11.6 Å². The van der Waals surface area contributed by atoms with Gasteiger partial charge in [0.1, 0.15) is 12.3 Å². The molecule has 0 saturated carbocycles. The third-order valence-electron chi connectivity index (χ3n) is 4.66. The lowest BCUT2D eigenvalue weighted by Gasteiger charge is -2.21. The summed E-state index contributed by atoms with van der Waals surface area (Å²) < 4.78 is 49.2. The van der Waals surface area contributed by atoms with E-state index in [9.17, 15) is 27.6 Å². The third-order valence-corrected chi connectivity index (χ3v) is 4.99. The lowest BCUT2D eigenvalue weighted by molar-refractivity contribution is -0.137. The van der Waals surface area contributed by atoms with Crippen molar-refractivity contribution in [3.63, 3.8) is 0 Å². The van der Waals surface area contributed by atoms with E-state index in [0.717, 1.165) is 11.0 Å². The number of carbonyl (C=O) groups is 3. The summed E-state index contributed by atoms with van der Waals surface area (Å²) in [7, 11) is 1.23. The molecular formula is C23H18ClF3N2O5. The highest BCUT2D eigenvalue weighted by molar-refractivity contribution is 6.31. The van der Waals surface area contributed by atoms with Crippen LogP contribution in [-0.2, 0) is 22.3 Å². The lowest BCUT2D eigenvalue weighted by Crippen LogP contribution is -2.37. The van der Waals surface area contributed by atoms with Crippen LogP contribution in [0.15, 0.2) is 65.3 Å². The van der Waals surface area contributed by atoms with Crippen LogP contribution in [0.1, 0.15) is 32.0 Å². The highest BCUT2D eigenvalue weighted by atomic mass is 35.5. The van der Waals surface area contributed by atoms with Crippen LogP contribution in [0.5, 0.6) is 0 Å². The van der Waals surface area contributed by atoms with Crippen LogP contribution in [0.25, 0.3) is 0 Å². The largest absolute Gasteiger partial charge is 0.467 e. The summed E-state index contributed by atoms with van der Waals surface area (Å²) in [6.07, 6.45) is -3.30. The number of amides is 2. The van der Waals surface area contributed by atoms with Gasteiger partial charge in [0, 0.05) is 11.3 Å². The fraction of sp³-hybridized carbons (Fsp3) is 0.174. The SMILES string of the molecule is COC(=O)c1ccc(C(=O)N(CC(=O)Nc2ccc(Cl)c(C(F)(F)F)c2)Cc2ccco2)cc1. The normalized spacial score (nSPS) is 11.1. The molecule has 0 fully saturated rings. The molecule has 0 aliphatic rings. The third kappa shape index (κ3) is 6.16. The maximum absolute atomic E-state index is 13.1. The summed E-state index contributed by atoms with van der Waals surface area (Å²) in [5, 5.41) is 1.84. The van der Waals surface area contributed by atoms with Gasteiger partial charge < -0.3 is 19.4 Å². The smallest absolute Gasteiger partial charge is 0.417 e. The van der Waals surface area contributed by atoms with Gasteiger partial charge in [0.2, 0.25) is 5.91 Å². The van der Waals surface area contributed by atoms with Gasteiger partial charge in [-0.15, -0.1) is 0 Å². The van der Waals surface area contributed by atoms with Crippen molar-refractivity contribution in [1.29, 1.82) is 0 Å². The Labute approximate surface area is 197 Å². The first-order valence-electron chi connectivity index (χ1n) is 9.75. The molecule has 7 nitrogen and oxygen atoms in total. The molecule has 1 N–H and O–H groups in total. The predicted molar refractivity (Wildman–Crippen MR) is 116 cm³/mol. The Kier molecular flexibility index (Phi) is 7.62. The van der Waals surface area contributed by atoms with Gasteiger partial charge in [0.15, 0.2) is 0 Å². The minimum Gasteiger partial charge on any atom is -0.467 e. The van der Waals surface area contributed by atoms with Gasteiger partial charge in [-0.2, -0.15) is 13.2 Å². The second-order valence-corrected chi connectivity index (χ2v) is 7.46. The molecule has 0 saturated heterocycles. The average Bonchev–Trinajstić information content (AvgIpc) is 3.31. The van der Waals surface area contributed by atoms with Crippen LogP contribution in [0, 0.1) is 0 Å². The summed E-state index contributed by atoms with van der Waals surface area (Å²) >= 11 is 5.61. The molecular weight excluding hydrogens is 477 g/mol. The quantitative estimate of drug-likeness (QED) is 0.466. The average molecular weight is 495 g/mol. The van der Waals surface area contributed by atoms with E-state index in [2.05, 4.69) is 10.1 Å². The molecule has 1 aromatic heterocycles. The molecule has 0 aliphatic carbocycles. The van der Waals surface area contributed by atoms with Crippen molar-refractivity contribution in [2.45, 2.75) is 12.7 Å². The second kappa shape index (κ2) is 10.4. The minimum absolute atomic E-state index is 0.0770. The lowest BCUT2D eigenvalue weighted by atomic mass is 10.1. The number of ether oxygens (including phenoxy) is 1. The van der Waals surface area contributed by atoms with Crippen LogP contribution in [0.4, 0.5) is 18.9 Å². The monoisotopic (exact) mass is 494 g/mol. The number of halogens is 4. The summed E-state index contributed by atoms with van der Waals surface area (Å²) in [4.78, 5) is 38.4. The van der Waals surface area contributed by atoms with Crippen molar-refractivity contribution < 1.29 is 36.7 Å². The van der Waals surface area contributed by atoms with Gasteiger partial charge in [-0.05, 0) is 54.6 Å². The second-order valence-electron chi connectivity index (χ2n) is 7.05. The van der Waals surface area contributed by atoms with E-state index in [1.165, 1.54) is 43.7 Å². The number of hydrogen-bond donors (Lipinski definition) is 1. The molecule has 3 aromatic rings. The molecule has 34 heavy (non-hydrogen) atoms. The number of hydrogen-bond acceptors (Lipinski definition) is 5. The number of nitrogens with one attached hydrogen (secondary N) is 1. The predicted octanol–water partition coefficient (Wildman–Crippen LogP) is 5.02. The van der Waals surface area contributed by atoms with E-state index in [1.807, 2.05) is 0 Å². The summed E-state index contributed by atoms with van der Waals surface area (Å²) in [6.45, 7) is -0.561. The zero-order valence-electron chi connectivity index (χ0n) is 17.7. The molecule has 11 heteroatoms. The Balaban J connectivity index is 1.79. The Morgan fingerprint density at radius 1 is 1.06 bits per heavy atom. The zero-order chi connectivity index (χ0) is 24.9. The summed E-state index contributed by atoms with van der Waals surface area (Å²) in [5.74, 6) is -1.48. The van der Waals surface area contributed by atoms with Gasteiger partial charge in [0.25, 0.3) is 5.91 Å². The van der Waals surface area contributed by atoms with Crippen LogP contribution in [0.2, 0.25) is 5.02 Å². The van der Waals surface area contributed by atoms with E-state index in [1.54, 1.807) is 12.1 Å². The maximum Gasteiger partial charge on any atom is 0.417 e. The first-order chi connectivity index (χ1) is 16.1. The van der Waals surface area contributed by atoms with Gasteiger partial charge >= 0.3 is 12.1 Å². The Hall–Kier alpha value is -3.79. The number of nitrogens with zero attached hydrogens (tertiary/aromatic N) is 1. The standard InChI is InChI=1S/C23H18ClF3N2O5/c1-33-22(32)15-6-4-14(5-7-15)21(31)29(12-17-3-2-10-34-17)13-20(30)28-16-8-9-19(24)18(11-16)23(25,26)27/h2-11H,12-13H2,1H3,(H,28,30). The Bertz CT molecular complexity index is 1180. The number of esters is 1. The summed E-state index contributed by atoms with van der Waals surface area (Å²) in [6, 6.07) is 11.8. The van der Waals surface area contributed by atoms with Crippen molar-refractivity contribution in [1.82, 2.24) is 4.90 Å². The highest BCUT2D eigenvalue weighted by Gasteiger charge is 2.33. The van der Waals surface area contributed by atoms with Crippen molar-refractivity contribution >= 4 is 35.1 Å². The van der Waals surface area contributed by atoms with Crippen LogP contribution < -0.4 is 5.32 Å². The number of anilines is 1. The number of rotatable bonds is 7. The molecule has 0 radical (unpaired) electrons. The van der Waals surface area contributed by atoms with Crippen molar-refractivity contribution in [2.24, 2.45) is 0 Å². The molecule has 0 bridgehead atoms. The Morgan fingerprint density at radius 3 is 2.32 bits per heavy atom. The maximum atomic E-state index is 13.1. The molecule has 1 heterocycles. The first kappa shape index (κ1) is 24.8. The highest BCUT2D eigenvalue weighted by Crippen LogP contribution is 2.36. The van der Waals surface area contributed by atoms with Crippen LogP contribution >= 0.6 is 11.6 Å². The first-order valence-corrected chi connectivity index (χ1v) is 10.1. The summed E-state index contributed by atoms with van der Waals surface area (Å²) in [5.41, 5.74) is -0.814. The number of furan rings is 1. The topological polar surface area (TPSA) is 88.9 Å². The molecule has 2 amide bonds. The van der Waals surface area contributed by atoms with E-state index in [4.69, 9.17) is 16.0 Å². The van der Waals surface area contributed by atoms with Crippen LogP contribution in [0.3, 0.4) is 0 Å². The molecule has 0 spiro atoms. The van der Waals surface area contributed by atoms with Crippen molar-refractivity contribution in [2.75, 3.05) is 19.0 Å². The van der Waals surface area contributed by atoms with Gasteiger partial charge in [-0.25, -0.2) is 4.79 Å². The van der Waals surface area contributed by atoms with E-state index >= 15 is 0 Å². The number of benzene rings is 2. The minimum atomic E-state index is -4.70. The Morgan fingerprint density at radius 2 is 1.74 bits per heavy atom. The molecule has 3 rings (SSSR count). The molecule has 0 unspecified atom stereocenters. The molecule has 178 valence electrons. The van der Waals surface area contributed by atoms with Gasteiger partial charge in [0.05, 0.1) is 36.1 Å². The molecule has 2 aromatic carbocycles. The van der Waals surface area contributed by atoms with E-state index < -0.39 is 41.1 Å². The van der Waals surface area contributed by atoms with Crippen LogP contribution in [-0.4, -0.2) is 36.3 Å². The van der Waals surface area contributed by atoms with Gasteiger partial charge in [-0.3, -0.25) is 9.59 Å². The van der Waals surface area contributed by atoms with Crippen molar-refractivity contribution in [3.05, 3.63) is 88.3 Å². The number of carbonyl (C=O) groups excluding carboxylic acids is 3. The molecule has 0 aliphatic heterocycles. The van der Waals surface area contributed by atoms with Crippen molar-refractivity contribution in [3.8, 4) is 0 Å². The number of alkyl halides is 3. The zero-order valence-corrected chi connectivity index (χ0v) is 18.4. The van der Waals surface area contributed by atoms with E-state index in [-0.39, 0.29) is 23.4 Å². The fourth-order valence-corrected chi connectivity index (χ4v) is 3.26. The fourth-order valence-electron chi connectivity index (χ4n) is 3.03. The molecule has 0 atom stereocenters.